The fourth-order valence-corrected chi connectivity index (χ4v) is 1.29. The summed E-state index contributed by atoms with van der Waals surface area (Å²) in [6, 6.07) is 3.08. The van der Waals surface area contributed by atoms with Crippen molar-refractivity contribution >= 4 is 5.91 Å². The Kier molecular flexibility index (Phi) is 4.25. The fraction of sp³-hybridized carbons (Fsp3) is 0.364. The molecule has 0 aliphatic heterocycles. The fourth-order valence-electron chi connectivity index (χ4n) is 1.29. The van der Waals surface area contributed by atoms with Gasteiger partial charge in [0.15, 0.2) is 0 Å². The molecular formula is C11H14FNO3. The molecule has 5 heteroatoms. The van der Waals surface area contributed by atoms with Crippen LogP contribution in [0.25, 0.3) is 0 Å². The van der Waals surface area contributed by atoms with Crippen molar-refractivity contribution in [2.45, 2.75) is 13.0 Å². The van der Waals surface area contributed by atoms with Crippen molar-refractivity contribution in [3.05, 3.63) is 29.6 Å². The third-order valence-electron chi connectivity index (χ3n) is 2.00. The lowest BCUT2D eigenvalue weighted by Crippen LogP contribution is -2.35. The second kappa shape index (κ2) is 5.46. The van der Waals surface area contributed by atoms with E-state index >= 15 is 0 Å². The molecule has 1 aromatic rings. The predicted molar refractivity (Wildman–Crippen MR) is 56.9 cm³/mol. The van der Waals surface area contributed by atoms with E-state index in [0.717, 1.165) is 12.1 Å². The summed E-state index contributed by atoms with van der Waals surface area (Å²) >= 11 is 0. The van der Waals surface area contributed by atoms with Gasteiger partial charge in [0.2, 0.25) is 0 Å². The van der Waals surface area contributed by atoms with Gasteiger partial charge in [-0.15, -0.1) is 0 Å². The van der Waals surface area contributed by atoms with Crippen LogP contribution in [0.2, 0.25) is 0 Å². The Bertz CT molecular complexity index is 381. The van der Waals surface area contributed by atoms with E-state index < -0.39 is 11.7 Å². The zero-order valence-electron chi connectivity index (χ0n) is 9.16. The maximum absolute atomic E-state index is 12.7. The molecule has 1 rings (SSSR count). The summed E-state index contributed by atoms with van der Waals surface area (Å²) in [6.07, 6.45) is 0. The Labute approximate surface area is 93.0 Å². The first kappa shape index (κ1) is 12.4. The van der Waals surface area contributed by atoms with Gasteiger partial charge in [0, 0.05) is 19.2 Å². The monoisotopic (exact) mass is 227 g/mol. The zero-order valence-corrected chi connectivity index (χ0v) is 9.16. The molecular weight excluding hydrogens is 213 g/mol. The maximum Gasteiger partial charge on any atom is 0.255 e. The molecule has 16 heavy (non-hydrogen) atoms. The molecule has 0 saturated heterocycles. The maximum atomic E-state index is 12.7. The van der Waals surface area contributed by atoms with Crippen molar-refractivity contribution in [1.82, 2.24) is 5.32 Å². The number of rotatable bonds is 4. The van der Waals surface area contributed by atoms with E-state index in [1.807, 2.05) is 0 Å². The number of halogens is 1. The van der Waals surface area contributed by atoms with Crippen LogP contribution in [-0.2, 0) is 4.74 Å². The van der Waals surface area contributed by atoms with Crippen molar-refractivity contribution in [2.24, 2.45) is 0 Å². The standard InChI is InChI=1S/C11H14FNO3/c1-7(6-16-2)13-11(15)9-4-3-8(12)5-10(9)14/h3-5,7,14H,6H2,1-2H3,(H,13,15). The summed E-state index contributed by atoms with van der Waals surface area (Å²) in [5.41, 5.74) is 0.0457. The number of carbonyl (C=O) groups is 1. The summed E-state index contributed by atoms with van der Waals surface area (Å²) in [6.45, 7) is 2.13. The van der Waals surface area contributed by atoms with Crippen LogP contribution in [0.3, 0.4) is 0 Å². The first-order chi connectivity index (χ1) is 7.54. The normalized spacial score (nSPS) is 12.2. The highest BCUT2D eigenvalue weighted by atomic mass is 19.1. The van der Waals surface area contributed by atoms with Crippen LogP contribution in [0.1, 0.15) is 17.3 Å². The molecule has 0 aliphatic carbocycles. The van der Waals surface area contributed by atoms with Gasteiger partial charge >= 0.3 is 0 Å². The first-order valence-corrected chi connectivity index (χ1v) is 4.83. The summed E-state index contributed by atoms with van der Waals surface area (Å²) in [7, 11) is 1.53. The highest BCUT2D eigenvalue weighted by Gasteiger charge is 2.13. The molecule has 0 aromatic heterocycles. The number of hydrogen-bond acceptors (Lipinski definition) is 3. The average molecular weight is 227 g/mol. The molecule has 0 bridgehead atoms. The van der Waals surface area contributed by atoms with E-state index in [2.05, 4.69) is 5.32 Å². The van der Waals surface area contributed by atoms with Crippen LogP contribution < -0.4 is 5.32 Å². The third-order valence-corrected chi connectivity index (χ3v) is 2.00. The summed E-state index contributed by atoms with van der Waals surface area (Å²) in [5.74, 6) is -1.41. The number of carbonyl (C=O) groups excluding carboxylic acids is 1. The minimum Gasteiger partial charge on any atom is -0.507 e. The molecule has 1 aromatic carbocycles. The second-order valence-electron chi connectivity index (χ2n) is 3.49. The Balaban J connectivity index is 2.73. The van der Waals surface area contributed by atoms with Gasteiger partial charge in [-0.05, 0) is 19.1 Å². The SMILES string of the molecule is COCC(C)NC(=O)c1ccc(F)cc1O. The number of nitrogens with one attached hydrogen (secondary N) is 1. The van der Waals surface area contributed by atoms with Crippen LogP contribution in [0, 0.1) is 5.82 Å². The molecule has 0 aliphatic rings. The van der Waals surface area contributed by atoms with Crippen molar-refractivity contribution in [2.75, 3.05) is 13.7 Å². The van der Waals surface area contributed by atoms with Crippen LogP contribution in [0.4, 0.5) is 4.39 Å². The van der Waals surface area contributed by atoms with Crippen molar-refractivity contribution in [3.63, 3.8) is 0 Å². The third kappa shape index (κ3) is 3.20. The van der Waals surface area contributed by atoms with Gasteiger partial charge in [-0.25, -0.2) is 4.39 Å². The van der Waals surface area contributed by atoms with Crippen molar-refractivity contribution in [3.8, 4) is 5.75 Å². The van der Waals surface area contributed by atoms with Gasteiger partial charge in [0.1, 0.15) is 11.6 Å². The van der Waals surface area contributed by atoms with Crippen LogP contribution in [0.5, 0.6) is 5.75 Å². The van der Waals surface area contributed by atoms with Crippen molar-refractivity contribution in [1.29, 1.82) is 0 Å². The van der Waals surface area contributed by atoms with E-state index in [1.54, 1.807) is 6.92 Å². The van der Waals surface area contributed by atoms with Gasteiger partial charge in [-0.3, -0.25) is 4.79 Å². The van der Waals surface area contributed by atoms with Crippen molar-refractivity contribution < 1.29 is 19.0 Å². The number of benzene rings is 1. The number of phenols is 1. The topological polar surface area (TPSA) is 58.6 Å². The van der Waals surface area contributed by atoms with E-state index in [4.69, 9.17) is 4.74 Å². The molecule has 1 amide bonds. The Morgan fingerprint density at radius 1 is 1.62 bits per heavy atom. The number of hydrogen-bond donors (Lipinski definition) is 2. The summed E-state index contributed by atoms with van der Waals surface area (Å²) in [5, 5.41) is 12.0. The van der Waals surface area contributed by atoms with Gasteiger partial charge in [-0.2, -0.15) is 0 Å². The lowest BCUT2D eigenvalue weighted by atomic mass is 10.1. The molecule has 1 atom stereocenters. The van der Waals surface area contributed by atoms with E-state index in [0.29, 0.717) is 6.61 Å². The van der Waals surface area contributed by atoms with Crippen LogP contribution >= 0.6 is 0 Å². The van der Waals surface area contributed by atoms with E-state index in [-0.39, 0.29) is 17.4 Å². The number of ether oxygens (including phenoxy) is 1. The van der Waals surface area contributed by atoms with E-state index in [9.17, 15) is 14.3 Å². The molecule has 1 unspecified atom stereocenters. The molecule has 0 radical (unpaired) electrons. The van der Waals surface area contributed by atoms with Gasteiger partial charge in [-0.1, -0.05) is 0 Å². The number of phenolic OH excluding ortho intramolecular Hbond substituents is 1. The van der Waals surface area contributed by atoms with E-state index in [1.165, 1.54) is 13.2 Å². The van der Waals surface area contributed by atoms with Gasteiger partial charge < -0.3 is 15.2 Å². The Hall–Kier alpha value is -1.62. The first-order valence-electron chi connectivity index (χ1n) is 4.83. The number of methoxy groups -OCH3 is 1. The molecule has 88 valence electrons. The van der Waals surface area contributed by atoms with Gasteiger partial charge in [0.25, 0.3) is 5.91 Å². The molecule has 2 N–H and O–H groups in total. The average Bonchev–Trinajstić information content (AvgIpc) is 2.17. The minimum absolute atomic E-state index is 0.0457. The number of amides is 1. The zero-order chi connectivity index (χ0) is 12.1. The van der Waals surface area contributed by atoms with Crippen LogP contribution in [0.15, 0.2) is 18.2 Å². The minimum atomic E-state index is -0.584. The number of aromatic hydroxyl groups is 1. The molecule has 4 nitrogen and oxygen atoms in total. The van der Waals surface area contributed by atoms with Crippen LogP contribution in [-0.4, -0.2) is 30.8 Å². The molecule has 0 fully saturated rings. The molecule has 0 heterocycles. The molecule has 0 spiro atoms. The quantitative estimate of drug-likeness (QED) is 0.815. The smallest absolute Gasteiger partial charge is 0.255 e. The lowest BCUT2D eigenvalue weighted by Gasteiger charge is -2.13. The summed E-state index contributed by atoms with van der Waals surface area (Å²) < 4.78 is 17.5. The largest absolute Gasteiger partial charge is 0.507 e. The Morgan fingerprint density at radius 2 is 2.31 bits per heavy atom. The Morgan fingerprint density at radius 3 is 2.88 bits per heavy atom. The highest BCUT2D eigenvalue weighted by molar-refractivity contribution is 5.96. The van der Waals surface area contributed by atoms with Gasteiger partial charge in [0.05, 0.1) is 12.2 Å². The summed E-state index contributed by atoms with van der Waals surface area (Å²) in [4.78, 5) is 11.6. The second-order valence-corrected chi connectivity index (χ2v) is 3.49. The lowest BCUT2D eigenvalue weighted by molar-refractivity contribution is 0.0903. The highest BCUT2D eigenvalue weighted by Crippen LogP contribution is 2.17. The predicted octanol–water partition coefficient (Wildman–Crippen LogP) is 1.30. The molecule has 0 saturated carbocycles.